The molecule has 1 aliphatic rings. The molecule has 0 N–H and O–H groups in total. The average molecular weight is 324 g/mol. The van der Waals surface area contributed by atoms with Crippen LogP contribution in [-0.2, 0) is 9.47 Å². The van der Waals surface area contributed by atoms with Gasteiger partial charge in [-0.2, -0.15) is 4.79 Å². The van der Waals surface area contributed by atoms with Crippen molar-refractivity contribution < 1.29 is 26.7 Å². The Labute approximate surface area is 135 Å². The predicted octanol–water partition coefficient (Wildman–Crippen LogP) is -0.130. The molecule has 0 spiro atoms. The molecule has 1 aromatic carbocycles. The highest BCUT2D eigenvalue weighted by atomic mass is 35.5. The van der Waals surface area contributed by atoms with Gasteiger partial charge in [0.15, 0.2) is 6.10 Å². The van der Waals surface area contributed by atoms with Gasteiger partial charge in [0, 0.05) is 17.6 Å². The Hall–Kier alpha value is -1.52. The molecule has 1 aliphatic carbocycles. The molecule has 0 bridgehead atoms. The van der Waals surface area contributed by atoms with E-state index in [1.807, 2.05) is 31.2 Å². The first-order valence-corrected chi connectivity index (χ1v) is 6.58. The Morgan fingerprint density at radius 2 is 1.81 bits per heavy atom. The maximum absolute atomic E-state index is 9.07. The van der Waals surface area contributed by atoms with E-state index < -0.39 is 6.10 Å². The Kier molecular flexibility index (Phi) is 6.24. The summed E-state index contributed by atoms with van der Waals surface area (Å²) in [5, 5.41) is 0. The lowest BCUT2D eigenvalue weighted by molar-refractivity contribution is -0.0190. The summed E-state index contributed by atoms with van der Waals surface area (Å²) in [4.78, 5) is 3.90. The van der Waals surface area contributed by atoms with Crippen molar-refractivity contribution in [3.63, 3.8) is 0 Å². The number of halogens is 1. The Morgan fingerprint density at radius 3 is 2.29 bits per heavy atom. The third-order valence-electron chi connectivity index (χ3n) is 3.21. The van der Waals surface area contributed by atoms with Crippen LogP contribution in [-0.4, -0.2) is 30.8 Å². The molecule has 4 nitrogen and oxygen atoms in total. The largest absolute Gasteiger partial charge is 1.00 e. The molecule has 0 saturated heterocycles. The van der Waals surface area contributed by atoms with Crippen LogP contribution in [0.25, 0.3) is 11.1 Å². The van der Waals surface area contributed by atoms with Gasteiger partial charge in [-0.15, -0.1) is 12.6 Å². The number of allylic oxidation sites excluding steroid dienone is 1. The minimum Gasteiger partial charge on any atom is -1.00 e. The average Bonchev–Trinajstić information content (AvgIpc) is 2.47. The maximum Gasteiger partial charge on any atom is 0.329 e. The van der Waals surface area contributed by atoms with Crippen LogP contribution in [0.5, 0.6) is 0 Å². The lowest BCUT2D eigenvalue weighted by Gasteiger charge is -2.22. The molecule has 0 radical (unpaired) electrons. The zero-order valence-corrected chi connectivity index (χ0v) is 13.7. The van der Waals surface area contributed by atoms with Gasteiger partial charge >= 0.3 is 5.71 Å². The number of methoxy groups -OCH3 is 2. The number of hydrogen-bond donors (Lipinski definition) is 1. The molecule has 0 aromatic heterocycles. The lowest BCUT2D eigenvalue weighted by Crippen LogP contribution is -3.00. The Bertz CT molecular complexity index is 632. The van der Waals surface area contributed by atoms with Gasteiger partial charge in [0.25, 0.3) is 0 Å². The van der Waals surface area contributed by atoms with Gasteiger partial charge in [0.1, 0.15) is 5.76 Å². The first-order valence-electron chi connectivity index (χ1n) is 6.13. The van der Waals surface area contributed by atoms with Crippen molar-refractivity contribution in [3.8, 4) is 0 Å². The zero-order valence-electron chi connectivity index (χ0n) is 12.0. The quantitative estimate of drug-likeness (QED) is 0.478. The van der Waals surface area contributed by atoms with Gasteiger partial charge in [-0.05, 0) is 12.5 Å². The smallest absolute Gasteiger partial charge is 0.329 e. The first-order chi connectivity index (χ1) is 9.62. The number of ether oxygens (including phenoxy) is 2. The van der Waals surface area contributed by atoms with E-state index in [0.29, 0.717) is 16.4 Å². The number of benzene rings is 1. The molecule has 1 unspecified atom stereocenters. The Morgan fingerprint density at radius 1 is 1.19 bits per heavy atom. The minimum absolute atomic E-state index is 0. The van der Waals surface area contributed by atoms with Crippen LogP contribution >= 0.6 is 12.6 Å². The van der Waals surface area contributed by atoms with E-state index in [1.54, 1.807) is 20.3 Å². The van der Waals surface area contributed by atoms with E-state index >= 15 is 0 Å². The van der Waals surface area contributed by atoms with Gasteiger partial charge < -0.3 is 27.4 Å². The second kappa shape index (κ2) is 7.48. The fourth-order valence-electron chi connectivity index (χ4n) is 2.16. The first kappa shape index (κ1) is 17.5. The van der Waals surface area contributed by atoms with Gasteiger partial charge in [-0.3, -0.25) is 0 Å². The molecule has 1 atom stereocenters. The van der Waals surface area contributed by atoms with Crippen molar-refractivity contribution >= 4 is 23.9 Å². The topological polar surface area (TPSA) is 54.9 Å². The van der Waals surface area contributed by atoms with Crippen LogP contribution in [0.4, 0.5) is 0 Å². The number of nitrogens with zero attached hydrogens (tertiary/aromatic N) is 2. The standard InChI is InChI=1S/C15H16N2O2S.ClH/c1-9-4-6-10(7-5-9)13-12(18-2)8-11(17-16)14(19-3)15(13)20;/h4-8,14,20H,1-3H3;1H/p-1. The summed E-state index contributed by atoms with van der Waals surface area (Å²) in [7, 11) is 3.12. The molecule has 6 heteroatoms. The molecular formula is C15H16ClN2O2S-. The lowest BCUT2D eigenvalue weighted by atomic mass is 9.94. The maximum atomic E-state index is 9.07. The van der Waals surface area contributed by atoms with E-state index in [-0.39, 0.29) is 12.4 Å². The third-order valence-corrected chi connectivity index (χ3v) is 3.67. The zero-order chi connectivity index (χ0) is 14.7. The molecule has 1 aromatic rings. The predicted molar refractivity (Wildman–Crippen MR) is 81.6 cm³/mol. The third kappa shape index (κ3) is 3.39. The van der Waals surface area contributed by atoms with Crippen molar-refractivity contribution in [2.45, 2.75) is 13.0 Å². The SMILES string of the molecule is COC1=CC(=[N+]=[N-])C(OC)C(S)=C1c1ccc(C)cc1.[Cl-]. The molecule has 112 valence electrons. The van der Waals surface area contributed by atoms with Gasteiger partial charge in [0.2, 0.25) is 0 Å². The fourth-order valence-corrected chi connectivity index (χ4v) is 2.64. The Balaban J connectivity index is 0.00000220. The molecular weight excluding hydrogens is 308 g/mol. The molecule has 2 rings (SSSR count). The van der Waals surface area contributed by atoms with Crippen LogP contribution in [0.3, 0.4) is 0 Å². The number of rotatable bonds is 3. The van der Waals surface area contributed by atoms with Gasteiger partial charge in [-0.25, -0.2) is 0 Å². The highest BCUT2D eigenvalue weighted by Crippen LogP contribution is 2.35. The number of thiol groups is 1. The van der Waals surface area contributed by atoms with E-state index in [9.17, 15) is 0 Å². The normalized spacial score (nSPS) is 17.8. The van der Waals surface area contributed by atoms with Gasteiger partial charge in [0.05, 0.1) is 13.2 Å². The minimum atomic E-state index is -0.501. The van der Waals surface area contributed by atoms with Crippen molar-refractivity contribution in [2.24, 2.45) is 0 Å². The second-order valence-electron chi connectivity index (χ2n) is 4.48. The van der Waals surface area contributed by atoms with Crippen LogP contribution in [0.15, 0.2) is 41.0 Å². The number of hydrogen-bond acceptors (Lipinski definition) is 3. The van der Waals surface area contributed by atoms with Crippen LogP contribution in [0, 0.1) is 6.92 Å². The molecule has 0 saturated carbocycles. The summed E-state index contributed by atoms with van der Waals surface area (Å²) >= 11 is 4.54. The second-order valence-corrected chi connectivity index (χ2v) is 4.96. The monoisotopic (exact) mass is 323 g/mol. The van der Waals surface area contributed by atoms with Crippen LogP contribution < -0.4 is 12.4 Å². The summed E-state index contributed by atoms with van der Waals surface area (Å²) in [6.45, 7) is 2.03. The summed E-state index contributed by atoms with van der Waals surface area (Å²) in [5.41, 5.74) is 12.4. The van der Waals surface area contributed by atoms with Gasteiger partial charge in [-0.1, -0.05) is 29.8 Å². The summed E-state index contributed by atoms with van der Waals surface area (Å²) in [5.74, 6) is 0.597. The molecule has 0 fully saturated rings. The molecule has 21 heavy (non-hydrogen) atoms. The molecule has 0 amide bonds. The summed E-state index contributed by atoms with van der Waals surface area (Å²) < 4.78 is 10.7. The molecule has 0 aliphatic heterocycles. The highest BCUT2D eigenvalue weighted by molar-refractivity contribution is 7.84. The van der Waals surface area contributed by atoms with E-state index in [1.165, 1.54) is 5.56 Å². The number of aryl methyl sites for hydroxylation is 1. The summed E-state index contributed by atoms with van der Waals surface area (Å²) in [6, 6.07) is 8.05. The molecule has 0 heterocycles. The van der Waals surface area contributed by atoms with Crippen molar-refractivity contribution in [2.75, 3.05) is 14.2 Å². The van der Waals surface area contributed by atoms with Crippen LogP contribution in [0.1, 0.15) is 11.1 Å². The summed E-state index contributed by atoms with van der Waals surface area (Å²) in [6.07, 6.45) is 1.15. The van der Waals surface area contributed by atoms with Crippen LogP contribution in [0.2, 0.25) is 0 Å². The van der Waals surface area contributed by atoms with Crippen molar-refractivity contribution in [1.82, 2.24) is 0 Å². The van der Waals surface area contributed by atoms with E-state index in [4.69, 9.17) is 15.0 Å². The van der Waals surface area contributed by atoms with Crippen molar-refractivity contribution in [1.29, 1.82) is 0 Å². The van der Waals surface area contributed by atoms with E-state index in [2.05, 4.69) is 17.4 Å². The van der Waals surface area contributed by atoms with E-state index in [0.717, 1.165) is 11.1 Å². The fraction of sp³-hybridized carbons (Fsp3) is 0.267. The van der Waals surface area contributed by atoms with Crippen molar-refractivity contribution in [3.05, 3.63) is 57.7 Å². The highest BCUT2D eigenvalue weighted by Gasteiger charge is 2.34.